The van der Waals surface area contributed by atoms with Gasteiger partial charge in [-0.1, -0.05) is 20.8 Å². The molecule has 0 amide bonds. The van der Waals surface area contributed by atoms with E-state index in [9.17, 15) is 0 Å². The number of aromatic nitrogens is 1. The van der Waals surface area contributed by atoms with E-state index in [2.05, 4.69) is 51.7 Å². The van der Waals surface area contributed by atoms with Crippen LogP contribution in [-0.4, -0.2) is 28.6 Å². The molecule has 4 heteroatoms. The third-order valence-corrected chi connectivity index (χ3v) is 4.92. The smallest absolute Gasteiger partial charge is 0.129 e. The summed E-state index contributed by atoms with van der Waals surface area (Å²) in [4.78, 5) is 7.31. The van der Waals surface area contributed by atoms with Crippen molar-refractivity contribution in [3.63, 3.8) is 0 Å². The summed E-state index contributed by atoms with van der Waals surface area (Å²) in [5, 5.41) is 0. The van der Waals surface area contributed by atoms with E-state index in [0.717, 1.165) is 30.4 Å². The minimum absolute atomic E-state index is 0.0555. The van der Waals surface area contributed by atoms with Gasteiger partial charge in [0.25, 0.3) is 0 Å². The first-order valence-electron chi connectivity index (χ1n) is 7.32. The normalized spacial score (nSPS) is 19.2. The number of anilines is 1. The van der Waals surface area contributed by atoms with E-state index in [0.29, 0.717) is 11.3 Å². The molecule has 2 rings (SSSR count). The molecule has 0 aromatic carbocycles. The highest BCUT2D eigenvalue weighted by Gasteiger charge is 2.28. The quantitative estimate of drug-likeness (QED) is 0.909. The van der Waals surface area contributed by atoms with Crippen LogP contribution in [-0.2, 0) is 12.0 Å². The highest BCUT2D eigenvalue weighted by Crippen LogP contribution is 2.33. The molecule has 1 aromatic rings. The third kappa shape index (κ3) is 3.67. The molecule has 0 unspecified atom stereocenters. The molecule has 0 aliphatic carbocycles. The number of hydrogen-bond donors (Lipinski definition) is 1. The Balaban J connectivity index is 2.36. The summed E-state index contributed by atoms with van der Waals surface area (Å²) in [5.41, 5.74) is 8.23. The molecule has 1 aromatic heterocycles. The van der Waals surface area contributed by atoms with Crippen molar-refractivity contribution in [1.82, 2.24) is 4.98 Å². The molecule has 1 aliphatic rings. The average Bonchev–Trinajstić information content (AvgIpc) is 2.36. The van der Waals surface area contributed by atoms with Crippen LogP contribution in [0.1, 0.15) is 45.9 Å². The van der Waals surface area contributed by atoms with E-state index in [1.165, 1.54) is 5.56 Å². The van der Waals surface area contributed by atoms with Gasteiger partial charge in [-0.3, -0.25) is 0 Å². The van der Waals surface area contributed by atoms with Gasteiger partial charge >= 0.3 is 0 Å². The number of rotatable bonds is 2. The number of thioether (sulfide) groups is 1. The predicted molar refractivity (Wildman–Crippen MR) is 89.6 cm³/mol. The van der Waals surface area contributed by atoms with E-state index in [1.807, 2.05) is 11.8 Å². The van der Waals surface area contributed by atoms with Crippen LogP contribution in [0, 0.1) is 0 Å². The fourth-order valence-corrected chi connectivity index (χ4v) is 3.56. The Morgan fingerprint density at radius 3 is 2.60 bits per heavy atom. The van der Waals surface area contributed by atoms with Crippen molar-refractivity contribution >= 4 is 17.6 Å². The molecule has 0 saturated carbocycles. The topological polar surface area (TPSA) is 42.1 Å². The molecule has 2 N–H and O–H groups in total. The summed E-state index contributed by atoms with van der Waals surface area (Å²) in [6.45, 7) is 13.9. The Morgan fingerprint density at radius 1 is 1.35 bits per heavy atom. The summed E-state index contributed by atoms with van der Waals surface area (Å²) < 4.78 is 0.292. The largest absolute Gasteiger partial charge is 0.354 e. The van der Waals surface area contributed by atoms with Gasteiger partial charge in [-0.15, -0.1) is 0 Å². The molecule has 1 saturated heterocycles. The molecule has 0 spiro atoms. The average molecular weight is 293 g/mol. The van der Waals surface area contributed by atoms with Crippen LogP contribution in [0.15, 0.2) is 12.1 Å². The lowest BCUT2D eigenvalue weighted by atomic mass is 9.90. The number of nitrogens with zero attached hydrogens (tertiary/aromatic N) is 2. The van der Waals surface area contributed by atoms with E-state index in [1.54, 1.807) is 0 Å². The van der Waals surface area contributed by atoms with E-state index in [-0.39, 0.29) is 5.41 Å². The summed E-state index contributed by atoms with van der Waals surface area (Å²) in [6.07, 6.45) is 0. The van der Waals surface area contributed by atoms with Gasteiger partial charge in [-0.2, -0.15) is 11.8 Å². The molecule has 1 fully saturated rings. The predicted octanol–water partition coefficient (Wildman–Crippen LogP) is 3.17. The zero-order chi connectivity index (χ0) is 15.0. The summed E-state index contributed by atoms with van der Waals surface area (Å²) in [6, 6.07) is 4.30. The summed E-state index contributed by atoms with van der Waals surface area (Å²) in [7, 11) is 0. The molecule has 1 aliphatic heterocycles. The Labute approximate surface area is 127 Å². The molecule has 3 nitrogen and oxygen atoms in total. The van der Waals surface area contributed by atoms with Gasteiger partial charge in [0.15, 0.2) is 0 Å². The van der Waals surface area contributed by atoms with Gasteiger partial charge in [0, 0.05) is 41.2 Å². The monoisotopic (exact) mass is 293 g/mol. The summed E-state index contributed by atoms with van der Waals surface area (Å²) in [5.74, 6) is 2.25. The first kappa shape index (κ1) is 15.6. The van der Waals surface area contributed by atoms with Gasteiger partial charge in [0.2, 0.25) is 0 Å². The molecule has 0 bridgehead atoms. The standard InChI is InChI=1S/C16H27N3S/c1-15(2,3)13-8-12(10-17)9-14(18-13)19-6-7-20-16(4,5)11-19/h8-9H,6-7,10-11,17H2,1-5H3. The lowest BCUT2D eigenvalue weighted by Crippen LogP contribution is -2.43. The number of hydrogen-bond acceptors (Lipinski definition) is 4. The fraction of sp³-hybridized carbons (Fsp3) is 0.688. The van der Waals surface area contributed by atoms with E-state index < -0.39 is 0 Å². The van der Waals surface area contributed by atoms with Gasteiger partial charge in [0.1, 0.15) is 5.82 Å². The van der Waals surface area contributed by atoms with Crippen molar-refractivity contribution in [3.8, 4) is 0 Å². The lowest BCUT2D eigenvalue weighted by Gasteiger charge is -2.38. The lowest BCUT2D eigenvalue weighted by molar-refractivity contribution is 0.564. The zero-order valence-electron chi connectivity index (χ0n) is 13.4. The first-order valence-corrected chi connectivity index (χ1v) is 8.30. The van der Waals surface area contributed by atoms with Crippen LogP contribution in [0.4, 0.5) is 5.82 Å². The Morgan fingerprint density at radius 2 is 2.05 bits per heavy atom. The number of pyridine rings is 1. The number of nitrogens with two attached hydrogens (primary N) is 1. The van der Waals surface area contributed by atoms with Crippen LogP contribution in [0.3, 0.4) is 0 Å². The van der Waals surface area contributed by atoms with Crippen LogP contribution < -0.4 is 10.6 Å². The second-order valence-corrected chi connectivity index (χ2v) is 9.00. The van der Waals surface area contributed by atoms with Gasteiger partial charge in [0.05, 0.1) is 0 Å². The van der Waals surface area contributed by atoms with Crippen molar-refractivity contribution in [2.24, 2.45) is 5.73 Å². The van der Waals surface area contributed by atoms with Crippen LogP contribution in [0.2, 0.25) is 0 Å². The molecular weight excluding hydrogens is 266 g/mol. The minimum Gasteiger partial charge on any atom is -0.354 e. The first-order chi connectivity index (χ1) is 9.21. The Kier molecular flexibility index (Phi) is 4.35. The zero-order valence-corrected chi connectivity index (χ0v) is 14.2. The highest BCUT2D eigenvalue weighted by atomic mass is 32.2. The molecule has 112 valence electrons. The molecule has 2 heterocycles. The van der Waals surface area contributed by atoms with Crippen molar-refractivity contribution < 1.29 is 0 Å². The van der Waals surface area contributed by atoms with Crippen LogP contribution >= 0.6 is 11.8 Å². The fourth-order valence-electron chi connectivity index (χ4n) is 2.45. The third-order valence-electron chi connectivity index (χ3n) is 3.63. The van der Waals surface area contributed by atoms with Gasteiger partial charge in [-0.25, -0.2) is 4.98 Å². The second-order valence-electron chi connectivity index (χ2n) is 7.20. The van der Waals surface area contributed by atoms with Crippen molar-refractivity contribution in [2.75, 3.05) is 23.7 Å². The summed E-state index contributed by atoms with van der Waals surface area (Å²) >= 11 is 2.04. The molecular formula is C16H27N3S. The molecule has 0 radical (unpaired) electrons. The molecule has 20 heavy (non-hydrogen) atoms. The van der Waals surface area contributed by atoms with Gasteiger partial charge in [-0.05, 0) is 31.5 Å². The Bertz CT molecular complexity index is 477. The van der Waals surface area contributed by atoms with Crippen molar-refractivity contribution in [2.45, 2.75) is 51.3 Å². The maximum atomic E-state index is 5.86. The highest BCUT2D eigenvalue weighted by molar-refractivity contribution is 8.00. The molecule has 0 atom stereocenters. The van der Waals surface area contributed by atoms with Gasteiger partial charge < -0.3 is 10.6 Å². The van der Waals surface area contributed by atoms with Crippen molar-refractivity contribution in [1.29, 1.82) is 0 Å². The van der Waals surface area contributed by atoms with Crippen LogP contribution in [0.5, 0.6) is 0 Å². The van der Waals surface area contributed by atoms with E-state index in [4.69, 9.17) is 10.7 Å². The Hall–Kier alpha value is -0.740. The van der Waals surface area contributed by atoms with Crippen LogP contribution in [0.25, 0.3) is 0 Å². The SMILES string of the molecule is CC1(C)CN(c2cc(CN)cc(C(C)(C)C)n2)CCS1. The second kappa shape index (κ2) is 5.57. The maximum absolute atomic E-state index is 5.86. The van der Waals surface area contributed by atoms with E-state index >= 15 is 0 Å². The minimum atomic E-state index is 0.0555. The maximum Gasteiger partial charge on any atom is 0.129 e. The van der Waals surface area contributed by atoms with Crippen molar-refractivity contribution in [3.05, 3.63) is 23.4 Å².